The summed E-state index contributed by atoms with van der Waals surface area (Å²) in [6.07, 6.45) is 0. The Bertz CT molecular complexity index is 1260. The van der Waals surface area contributed by atoms with Gasteiger partial charge in [0.2, 0.25) is 5.88 Å². The Kier molecular flexibility index (Phi) is 6.05. The zero-order chi connectivity index (χ0) is 22.5. The molecule has 0 amide bonds. The Morgan fingerprint density at radius 1 is 0.875 bits per heavy atom. The first-order valence-electron chi connectivity index (χ1n) is 9.33. The van der Waals surface area contributed by atoms with Crippen molar-refractivity contribution in [3.63, 3.8) is 0 Å². The molecule has 9 heteroatoms. The Morgan fingerprint density at radius 2 is 1.59 bits per heavy atom. The van der Waals surface area contributed by atoms with Crippen LogP contribution in [0.15, 0.2) is 84.9 Å². The van der Waals surface area contributed by atoms with Crippen molar-refractivity contribution in [2.45, 2.75) is 0 Å². The molecule has 0 aliphatic rings. The van der Waals surface area contributed by atoms with Gasteiger partial charge in [0.15, 0.2) is 0 Å². The average Bonchev–Trinajstić information content (AvgIpc) is 2.81. The minimum Gasteiger partial charge on any atom is -0.457 e. The molecule has 158 valence electrons. The first kappa shape index (κ1) is 21.0. The van der Waals surface area contributed by atoms with Crippen LogP contribution in [0.2, 0.25) is 5.02 Å². The number of nitro groups is 1. The number of carbonyl (C=O) groups excluding carboxylic acids is 1. The lowest BCUT2D eigenvalue weighted by Crippen LogP contribution is -2.11. The second-order valence-electron chi connectivity index (χ2n) is 6.51. The van der Waals surface area contributed by atoms with Gasteiger partial charge in [-0.1, -0.05) is 29.8 Å². The molecule has 1 heterocycles. The maximum Gasteiger partial charge on any atom is 0.346 e. The van der Waals surface area contributed by atoms with Gasteiger partial charge in [0.05, 0.1) is 21.2 Å². The first-order chi connectivity index (χ1) is 15.5. The minimum atomic E-state index is -0.872. The van der Waals surface area contributed by atoms with E-state index in [1.165, 1.54) is 18.2 Å². The van der Waals surface area contributed by atoms with E-state index in [0.29, 0.717) is 11.4 Å². The van der Waals surface area contributed by atoms with E-state index in [0.717, 1.165) is 17.4 Å². The molecule has 0 bridgehead atoms. The quantitative estimate of drug-likeness (QED) is 0.211. The van der Waals surface area contributed by atoms with E-state index in [-0.39, 0.29) is 22.2 Å². The third-order valence-electron chi connectivity index (χ3n) is 4.35. The van der Waals surface area contributed by atoms with Gasteiger partial charge in [0, 0.05) is 23.8 Å². The SMILES string of the molecule is O=C(Oc1ccc(-c2ccc(Oc3ccccc3)cc2)nn1)c1cc([N+](=O)[O-])ccc1Cl. The summed E-state index contributed by atoms with van der Waals surface area (Å²) < 4.78 is 10.9. The van der Waals surface area contributed by atoms with Gasteiger partial charge in [-0.15, -0.1) is 10.2 Å². The monoisotopic (exact) mass is 447 g/mol. The van der Waals surface area contributed by atoms with Crippen LogP contribution in [-0.2, 0) is 0 Å². The highest BCUT2D eigenvalue weighted by molar-refractivity contribution is 6.33. The van der Waals surface area contributed by atoms with Crippen molar-refractivity contribution in [2.24, 2.45) is 0 Å². The van der Waals surface area contributed by atoms with Crippen LogP contribution in [0.1, 0.15) is 10.4 Å². The molecule has 0 atom stereocenters. The predicted molar refractivity (Wildman–Crippen MR) is 117 cm³/mol. The topological polar surface area (TPSA) is 104 Å². The van der Waals surface area contributed by atoms with Crippen molar-refractivity contribution in [1.29, 1.82) is 0 Å². The smallest absolute Gasteiger partial charge is 0.346 e. The van der Waals surface area contributed by atoms with Crippen LogP contribution in [0.25, 0.3) is 11.3 Å². The fourth-order valence-electron chi connectivity index (χ4n) is 2.78. The van der Waals surface area contributed by atoms with Crippen LogP contribution >= 0.6 is 11.6 Å². The molecule has 4 rings (SSSR count). The number of hydrogen-bond donors (Lipinski definition) is 0. The third-order valence-corrected chi connectivity index (χ3v) is 4.68. The Hall–Kier alpha value is -4.30. The number of carbonyl (C=O) groups is 1. The molecule has 0 unspecified atom stereocenters. The van der Waals surface area contributed by atoms with Gasteiger partial charge in [-0.25, -0.2) is 4.79 Å². The van der Waals surface area contributed by atoms with Crippen molar-refractivity contribution >= 4 is 23.3 Å². The molecular formula is C23H14ClN3O5. The van der Waals surface area contributed by atoms with E-state index in [1.54, 1.807) is 6.07 Å². The molecule has 0 saturated carbocycles. The van der Waals surface area contributed by atoms with Crippen LogP contribution in [0.5, 0.6) is 17.4 Å². The number of nitrogens with zero attached hydrogens (tertiary/aromatic N) is 3. The largest absolute Gasteiger partial charge is 0.457 e. The summed E-state index contributed by atoms with van der Waals surface area (Å²) in [5, 5.41) is 18.9. The second-order valence-corrected chi connectivity index (χ2v) is 6.91. The van der Waals surface area contributed by atoms with Crippen LogP contribution in [0.4, 0.5) is 5.69 Å². The Morgan fingerprint density at radius 3 is 2.25 bits per heavy atom. The van der Waals surface area contributed by atoms with Crippen LogP contribution in [0, 0.1) is 10.1 Å². The fourth-order valence-corrected chi connectivity index (χ4v) is 2.97. The molecule has 0 saturated heterocycles. The molecule has 4 aromatic rings. The van der Waals surface area contributed by atoms with E-state index in [4.69, 9.17) is 21.1 Å². The molecule has 0 spiro atoms. The molecule has 0 radical (unpaired) electrons. The van der Waals surface area contributed by atoms with Crippen LogP contribution in [-0.4, -0.2) is 21.1 Å². The van der Waals surface area contributed by atoms with Crippen molar-refractivity contribution in [3.8, 4) is 28.6 Å². The van der Waals surface area contributed by atoms with Crippen molar-refractivity contribution < 1.29 is 19.2 Å². The van der Waals surface area contributed by atoms with Gasteiger partial charge in [-0.2, -0.15) is 0 Å². The number of benzene rings is 3. The summed E-state index contributed by atoms with van der Waals surface area (Å²) in [5.74, 6) is 0.468. The summed E-state index contributed by atoms with van der Waals surface area (Å²) in [6.45, 7) is 0. The van der Waals surface area contributed by atoms with Gasteiger partial charge in [-0.3, -0.25) is 10.1 Å². The molecule has 0 aliphatic carbocycles. The molecule has 0 N–H and O–H groups in total. The number of non-ortho nitro benzene ring substituents is 1. The van der Waals surface area contributed by atoms with E-state index < -0.39 is 10.9 Å². The number of hydrogen-bond acceptors (Lipinski definition) is 7. The Labute approximate surface area is 187 Å². The predicted octanol–water partition coefficient (Wildman–Crippen LogP) is 5.72. The summed E-state index contributed by atoms with van der Waals surface area (Å²) >= 11 is 5.96. The van der Waals surface area contributed by atoms with E-state index >= 15 is 0 Å². The summed E-state index contributed by atoms with van der Waals surface area (Å²) in [4.78, 5) is 22.6. The third kappa shape index (κ3) is 4.88. The highest BCUT2D eigenvalue weighted by Crippen LogP contribution is 2.26. The van der Waals surface area contributed by atoms with Crippen LogP contribution < -0.4 is 9.47 Å². The van der Waals surface area contributed by atoms with Crippen molar-refractivity contribution in [1.82, 2.24) is 10.2 Å². The number of rotatable bonds is 6. The number of para-hydroxylation sites is 1. The highest BCUT2D eigenvalue weighted by atomic mass is 35.5. The van der Waals surface area contributed by atoms with E-state index in [9.17, 15) is 14.9 Å². The molecule has 3 aromatic carbocycles. The number of ether oxygens (including phenoxy) is 2. The number of halogens is 1. The highest BCUT2D eigenvalue weighted by Gasteiger charge is 2.18. The van der Waals surface area contributed by atoms with Crippen molar-refractivity contribution in [2.75, 3.05) is 0 Å². The molecule has 32 heavy (non-hydrogen) atoms. The van der Waals surface area contributed by atoms with Crippen molar-refractivity contribution in [3.05, 3.63) is 106 Å². The maximum absolute atomic E-state index is 12.3. The lowest BCUT2D eigenvalue weighted by molar-refractivity contribution is -0.384. The van der Waals surface area contributed by atoms with Crippen LogP contribution in [0.3, 0.4) is 0 Å². The number of aromatic nitrogens is 2. The fraction of sp³-hybridized carbons (Fsp3) is 0. The van der Waals surface area contributed by atoms with Gasteiger partial charge >= 0.3 is 5.97 Å². The van der Waals surface area contributed by atoms with Gasteiger partial charge < -0.3 is 9.47 Å². The molecule has 0 aliphatic heterocycles. The lowest BCUT2D eigenvalue weighted by atomic mass is 10.1. The first-order valence-corrected chi connectivity index (χ1v) is 9.70. The van der Waals surface area contributed by atoms with Gasteiger partial charge in [-0.05, 0) is 48.5 Å². The zero-order valence-electron chi connectivity index (χ0n) is 16.3. The summed E-state index contributed by atoms with van der Waals surface area (Å²) in [7, 11) is 0. The lowest BCUT2D eigenvalue weighted by Gasteiger charge is -2.07. The average molecular weight is 448 g/mol. The normalized spacial score (nSPS) is 10.4. The molecule has 8 nitrogen and oxygen atoms in total. The summed E-state index contributed by atoms with van der Waals surface area (Å²) in [6, 6.07) is 23.3. The number of esters is 1. The molecule has 0 fully saturated rings. The summed E-state index contributed by atoms with van der Waals surface area (Å²) in [5.41, 5.74) is 0.935. The molecule has 1 aromatic heterocycles. The molecular weight excluding hydrogens is 434 g/mol. The van der Waals surface area contributed by atoms with Gasteiger partial charge in [0.25, 0.3) is 5.69 Å². The second kappa shape index (κ2) is 9.23. The minimum absolute atomic E-state index is 0.0305. The maximum atomic E-state index is 12.3. The number of nitro benzene ring substituents is 1. The standard InChI is InChI=1S/C23H14ClN3O5/c24-20-11-8-16(27(29)30)14-19(20)23(28)32-22-13-12-21(25-26-22)15-6-9-18(10-7-15)31-17-4-2-1-3-5-17/h1-14H. The van der Waals surface area contributed by atoms with E-state index in [2.05, 4.69) is 10.2 Å². The Balaban J connectivity index is 1.45. The van der Waals surface area contributed by atoms with E-state index in [1.807, 2.05) is 54.6 Å². The van der Waals surface area contributed by atoms with Gasteiger partial charge in [0.1, 0.15) is 11.5 Å². The zero-order valence-corrected chi connectivity index (χ0v) is 17.1.